The molecule has 0 bridgehead atoms. The van der Waals surface area contributed by atoms with E-state index in [1.165, 1.54) is 0 Å². The molecule has 0 aliphatic rings. The van der Waals surface area contributed by atoms with E-state index in [2.05, 4.69) is 10.6 Å². The van der Waals surface area contributed by atoms with Gasteiger partial charge in [0.15, 0.2) is 0 Å². The van der Waals surface area contributed by atoms with Gasteiger partial charge in [0.05, 0.1) is 0 Å². The van der Waals surface area contributed by atoms with Crippen molar-refractivity contribution in [1.82, 2.24) is 10.6 Å². The molecule has 0 radical (unpaired) electrons. The largest absolute Gasteiger partial charge is 0.355 e. The van der Waals surface area contributed by atoms with Crippen LogP contribution in [0.15, 0.2) is 24.3 Å². The zero-order chi connectivity index (χ0) is 12.8. The molecule has 0 heterocycles. The topological polar surface area (TPSA) is 58.2 Å². The van der Waals surface area contributed by atoms with Crippen LogP contribution in [-0.4, -0.2) is 18.9 Å². The number of hydrogen-bond donors (Lipinski definition) is 2. The lowest BCUT2D eigenvalue weighted by Crippen LogP contribution is -2.27. The van der Waals surface area contributed by atoms with Crippen LogP contribution in [0.2, 0.25) is 0 Å². The lowest BCUT2D eigenvalue weighted by molar-refractivity contribution is -0.124. The molecule has 0 spiro atoms. The van der Waals surface area contributed by atoms with Crippen LogP contribution in [0.25, 0.3) is 0 Å². The first-order valence-electron chi connectivity index (χ1n) is 5.63. The van der Waals surface area contributed by atoms with E-state index in [0.717, 1.165) is 5.56 Å². The van der Waals surface area contributed by atoms with Crippen molar-refractivity contribution in [2.24, 2.45) is 5.92 Å². The predicted octanol–water partition coefficient (Wildman–Crippen LogP) is 1.32. The third-order valence-corrected chi connectivity index (χ3v) is 2.43. The van der Waals surface area contributed by atoms with E-state index in [4.69, 9.17) is 0 Å². The fourth-order valence-electron chi connectivity index (χ4n) is 1.31. The van der Waals surface area contributed by atoms with Gasteiger partial charge in [-0.15, -0.1) is 0 Å². The maximum atomic E-state index is 11.4. The highest BCUT2D eigenvalue weighted by Crippen LogP contribution is 2.04. The summed E-state index contributed by atoms with van der Waals surface area (Å²) in [6.07, 6.45) is 0. The van der Waals surface area contributed by atoms with Gasteiger partial charge in [-0.05, 0) is 17.7 Å². The molecule has 4 heteroatoms. The molecule has 17 heavy (non-hydrogen) atoms. The van der Waals surface area contributed by atoms with E-state index in [1.54, 1.807) is 19.2 Å². The van der Waals surface area contributed by atoms with Gasteiger partial charge in [0, 0.05) is 25.1 Å². The predicted molar refractivity (Wildman–Crippen MR) is 66.5 cm³/mol. The first-order valence-corrected chi connectivity index (χ1v) is 5.63. The molecular weight excluding hydrogens is 216 g/mol. The first kappa shape index (κ1) is 13.2. The number of amides is 2. The second-order valence-electron chi connectivity index (χ2n) is 4.15. The van der Waals surface area contributed by atoms with Gasteiger partial charge in [-0.25, -0.2) is 0 Å². The highest BCUT2D eigenvalue weighted by atomic mass is 16.2. The summed E-state index contributed by atoms with van der Waals surface area (Å²) in [5.74, 6) is -0.0942. The molecule has 0 saturated heterocycles. The summed E-state index contributed by atoms with van der Waals surface area (Å²) < 4.78 is 0. The standard InChI is InChI=1S/C13H18N2O2/c1-9(2)12(16)15-8-10-4-6-11(7-5-10)13(17)14-3/h4-7,9H,8H2,1-3H3,(H,14,17)(H,15,16). The van der Waals surface area contributed by atoms with Crippen molar-refractivity contribution in [3.8, 4) is 0 Å². The monoisotopic (exact) mass is 234 g/mol. The minimum atomic E-state index is -0.109. The van der Waals surface area contributed by atoms with Crippen LogP contribution in [0.3, 0.4) is 0 Å². The Morgan fingerprint density at radius 2 is 1.76 bits per heavy atom. The zero-order valence-electron chi connectivity index (χ0n) is 10.4. The van der Waals surface area contributed by atoms with Crippen molar-refractivity contribution in [1.29, 1.82) is 0 Å². The van der Waals surface area contributed by atoms with E-state index in [-0.39, 0.29) is 17.7 Å². The summed E-state index contributed by atoms with van der Waals surface area (Å²) in [5.41, 5.74) is 1.60. The maximum absolute atomic E-state index is 11.4. The van der Waals surface area contributed by atoms with E-state index in [0.29, 0.717) is 12.1 Å². The number of rotatable bonds is 4. The van der Waals surface area contributed by atoms with Crippen LogP contribution in [-0.2, 0) is 11.3 Å². The van der Waals surface area contributed by atoms with Gasteiger partial charge in [0.25, 0.3) is 5.91 Å². The van der Waals surface area contributed by atoms with Gasteiger partial charge in [0.2, 0.25) is 5.91 Å². The number of benzene rings is 1. The van der Waals surface area contributed by atoms with Gasteiger partial charge in [0.1, 0.15) is 0 Å². The van der Waals surface area contributed by atoms with E-state index >= 15 is 0 Å². The molecule has 0 fully saturated rings. The molecule has 1 aromatic carbocycles. The van der Waals surface area contributed by atoms with Crippen LogP contribution < -0.4 is 10.6 Å². The van der Waals surface area contributed by atoms with Crippen molar-refractivity contribution >= 4 is 11.8 Å². The van der Waals surface area contributed by atoms with Gasteiger partial charge in [-0.3, -0.25) is 9.59 Å². The molecule has 2 amide bonds. The molecule has 0 aliphatic carbocycles. The highest BCUT2D eigenvalue weighted by Gasteiger charge is 2.06. The fraction of sp³-hybridized carbons (Fsp3) is 0.385. The highest BCUT2D eigenvalue weighted by molar-refractivity contribution is 5.93. The van der Waals surface area contributed by atoms with Crippen molar-refractivity contribution in [2.75, 3.05) is 7.05 Å². The molecular formula is C13H18N2O2. The van der Waals surface area contributed by atoms with Gasteiger partial charge < -0.3 is 10.6 Å². The van der Waals surface area contributed by atoms with Gasteiger partial charge in [-0.1, -0.05) is 26.0 Å². The summed E-state index contributed by atoms with van der Waals surface area (Å²) in [4.78, 5) is 22.7. The van der Waals surface area contributed by atoms with Crippen LogP contribution in [0.1, 0.15) is 29.8 Å². The molecule has 1 aromatic rings. The Hall–Kier alpha value is -1.84. The Kier molecular flexibility index (Phi) is 4.69. The molecule has 4 nitrogen and oxygen atoms in total. The maximum Gasteiger partial charge on any atom is 0.251 e. The molecule has 0 aromatic heterocycles. The summed E-state index contributed by atoms with van der Waals surface area (Å²) in [6.45, 7) is 4.19. The number of nitrogens with one attached hydrogen (secondary N) is 2. The Morgan fingerprint density at radius 3 is 2.24 bits per heavy atom. The molecule has 0 unspecified atom stereocenters. The summed E-state index contributed by atoms with van der Waals surface area (Å²) in [5, 5.41) is 5.38. The summed E-state index contributed by atoms with van der Waals surface area (Å²) in [7, 11) is 1.60. The first-order chi connectivity index (χ1) is 8.04. The fourth-order valence-corrected chi connectivity index (χ4v) is 1.31. The van der Waals surface area contributed by atoms with Crippen molar-refractivity contribution in [3.05, 3.63) is 35.4 Å². The molecule has 0 saturated carbocycles. The lowest BCUT2D eigenvalue weighted by atomic mass is 10.1. The second-order valence-corrected chi connectivity index (χ2v) is 4.15. The molecule has 0 aliphatic heterocycles. The molecule has 1 rings (SSSR count). The molecule has 92 valence electrons. The Labute approximate surface area is 101 Å². The lowest BCUT2D eigenvalue weighted by Gasteiger charge is -2.08. The van der Waals surface area contributed by atoms with Crippen LogP contribution in [0, 0.1) is 5.92 Å². The minimum Gasteiger partial charge on any atom is -0.355 e. The summed E-state index contributed by atoms with van der Waals surface area (Å²) in [6, 6.07) is 7.17. The number of hydrogen-bond acceptors (Lipinski definition) is 2. The number of carbonyl (C=O) groups excluding carboxylic acids is 2. The molecule has 0 atom stereocenters. The van der Waals surface area contributed by atoms with E-state index in [9.17, 15) is 9.59 Å². The Morgan fingerprint density at radius 1 is 1.18 bits per heavy atom. The second kappa shape index (κ2) is 6.03. The number of carbonyl (C=O) groups is 2. The van der Waals surface area contributed by atoms with E-state index < -0.39 is 0 Å². The smallest absolute Gasteiger partial charge is 0.251 e. The van der Waals surface area contributed by atoms with Crippen molar-refractivity contribution < 1.29 is 9.59 Å². The van der Waals surface area contributed by atoms with E-state index in [1.807, 2.05) is 26.0 Å². The SMILES string of the molecule is CNC(=O)c1ccc(CNC(=O)C(C)C)cc1. The normalized spacial score (nSPS) is 10.1. The Balaban J connectivity index is 2.57. The quantitative estimate of drug-likeness (QED) is 0.825. The van der Waals surface area contributed by atoms with Crippen LogP contribution in [0.4, 0.5) is 0 Å². The van der Waals surface area contributed by atoms with Crippen LogP contribution >= 0.6 is 0 Å². The summed E-state index contributed by atoms with van der Waals surface area (Å²) >= 11 is 0. The average Bonchev–Trinajstić information content (AvgIpc) is 2.35. The van der Waals surface area contributed by atoms with Crippen molar-refractivity contribution in [3.63, 3.8) is 0 Å². The third kappa shape index (κ3) is 3.90. The minimum absolute atomic E-state index is 0.0138. The van der Waals surface area contributed by atoms with Crippen molar-refractivity contribution in [2.45, 2.75) is 20.4 Å². The average molecular weight is 234 g/mol. The van der Waals surface area contributed by atoms with Gasteiger partial charge >= 0.3 is 0 Å². The van der Waals surface area contributed by atoms with Gasteiger partial charge in [-0.2, -0.15) is 0 Å². The molecule has 2 N–H and O–H groups in total. The zero-order valence-corrected chi connectivity index (χ0v) is 10.4. The van der Waals surface area contributed by atoms with Crippen LogP contribution in [0.5, 0.6) is 0 Å². The third-order valence-electron chi connectivity index (χ3n) is 2.43. The Bertz CT molecular complexity index is 396.